The first-order valence-corrected chi connectivity index (χ1v) is 8.20. The summed E-state index contributed by atoms with van der Waals surface area (Å²) in [6, 6.07) is 7.12. The molecule has 0 unspecified atom stereocenters. The van der Waals surface area contributed by atoms with E-state index >= 15 is 0 Å². The van der Waals surface area contributed by atoms with Crippen LogP contribution in [0.2, 0.25) is 0 Å². The zero-order valence-electron chi connectivity index (χ0n) is 13.6. The van der Waals surface area contributed by atoms with Crippen molar-refractivity contribution in [3.8, 4) is 0 Å². The highest BCUT2D eigenvalue weighted by Gasteiger charge is 2.17. The summed E-state index contributed by atoms with van der Waals surface area (Å²) in [5.41, 5.74) is 1.83. The minimum absolute atomic E-state index is 0.00454. The Hall–Kier alpha value is -2.50. The summed E-state index contributed by atoms with van der Waals surface area (Å²) in [4.78, 5) is 24.3. The Kier molecular flexibility index (Phi) is 4.74. The van der Waals surface area contributed by atoms with Gasteiger partial charge >= 0.3 is 0 Å². The van der Waals surface area contributed by atoms with Crippen molar-refractivity contribution in [2.75, 3.05) is 0 Å². The lowest BCUT2D eigenvalue weighted by atomic mass is 9.97. The van der Waals surface area contributed by atoms with Crippen LogP contribution in [0.5, 0.6) is 0 Å². The maximum Gasteiger partial charge on any atom is 0.267 e. The van der Waals surface area contributed by atoms with E-state index in [4.69, 9.17) is 0 Å². The number of carbonyl (C=O) groups is 1. The van der Waals surface area contributed by atoms with Crippen LogP contribution in [0.1, 0.15) is 41.4 Å². The van der Waals surface area contributed by atoms with Gasteiger partial charge in [-0.25, -0.2) is 9.07 Å². The predicted molar refractivity (Wildman–Crippen MR) is 88.5 cm³/mol. The fraction of sp³-hybridized carbons (Fsp3) is 0.389. The Bertz CT molecular complexity index is 816. The highest BCUT2D eigenvalue weighted by Crippen LogP contribution is 2.16. The molecule has 0 spiro atoms. The van der Waals surface area contributed by atoms with Crippen molar-refractivity contribution in [3.63, 3.8) is 0 Å². The van der Waals surface area contributed by atoms with Gasteiger partial charge in [-0.15, -0.1) is 0 Å². The fourth-order valence-corrected chi connectivity index (χ4v) is 2.98. The molecule has 2 aromatic rings. The van der Waals surface area contributed by atoms with E-state index in [9.17, 15) is 14.0 Å². The summed E-state index contributed by atoms with van der Waals surface area (Å²) in [5.74, 6) is -1.06. The maximum atomic E-state index is 13.6. The Morgan fingerprint density at radius 3 is 2.88 bits per heavy atom. The SMILES string of the molecule is C[C@@H](Cn1nc2c(cc1=O)CCCC2)NC(=O)c1ccccc1F. The van der Waals surface area contributed by atoms with Crippen LogP contribution in [0.3, 0.4) is 0 Å². The number of nitrogens with zero attached hydrogens (tertiary/aromatic N) is 2. The van der Waals surface area contributed by atoms with Gasteiger partial charge in [0.15, 0.2) is 0 Å². The van der Waals surface area contributed by atoms with Crippen LogP contribution in [-0.4, -0.2) is 21.7 Å². The van der Waals surface area contributed by atoms with Gasteiger partial charge in [-0.1, -0.05) is 12.1 Å². The van der Waals surface area contributed by atoms with Crippen molar-refractivity contribution < 1.29 is 9.18 Å². The number of rotatable bonds is 4. The number of hydrogen-bond acceptors (Lipinski definition) is 3. The van der Waals surface area contributed by atoms with Crippen LogP contribution in [0.15, 0.2) is 35.1 Å². The third-order valence-corrected chi connectivity index (χ3v) is 4.22. The minimum Gasteiger partial charge on any atom is -0.348 e. The molecule has 5 nitrogen and oxygen atoms in total. The zero-order chi connectivity index (χ0) is 17.1. The van der Waals surface area contributed by atoms with Crippen LogP contribution in [-0.2, 0) is 19.4 Å². The van der Waals surface area contributed by atoms with Crippen LogP contribution >= 0.6 is 0 Å². The third-order valence-electron chi connectivity index (χ3n) is 4.22. The van der Waals surface area contributed by atoms with Gasteiger partial charge in [-0.2, -0.15) is 5.10 Å². The number of fused-ring (bicyclic) bond motifs is 1. The van der Waals surface area contributed by atoms with Crippen LogP contribution in [0.4, 0.5) is 4.39 Å². The molecular formula is C18H20FN3O2. The highest BCUT2D eigenvalue weighted by molar-refractivity contribution is 5.94. The summed E-state index contributed by atoms with van der Waals surface area (Å²) in [6.07, 6.45) is 3.95. The smallest absolute Gasteiger partial charge is 0.267 e. The fourth-order valence-electron chi connectivity index (χ4n) is 2.98. The average molecular weight is 329 g/mol. The number of benzene rings is 1. The second-order valence-electron chi connectivity index (χ2n) is 6.20. The van der Waals surface area contributed by atoms with Crippen molar-refractivity contribution in [3.05, 3.63) is 63.3 Å². The molecule has 24 heavy (non-hydrogen) atoms. The lowest BCUT2D eigenvalue weighted by molar-refractivity contribution is 0.0931. The molecule has 1 aliphatic rings. The zero-order valence-corrected chi connectivity index (χ0v) is 13.6. The average Bonchev–Trinajstić information content (AvgIpc) is 2.55. The minimum atomic E-state index is -0.564. The molecule has 0 saturated heterocycles. The molecule has 1 aliphatic carbocycles. The van der Waals surface area contributed by atoms with Crippen LogP contribution < -0.4 is 10.9 Å². The van der Waals surface area contributed by atoms with Crippen molar-refractivity contribution in [1.29, 1.82) is 0 Å². The van der Waals surface area contributed by atoms with E-state index in [-0.39, 0.29) is 23.7 Å². The summed E-state index contributed by atoms with van der Waals surface area (Å²) in [6.45, 7) is 2.03. The van der Waals surface area contributed by atoms with Gasteiger partial charge in [0, 0.05) is 12.1 Å². The van der Waals surface area contributed by atoms with E-state index in [2.05, 4.69) is 10.4 Å². The standard InChI is InChI=1S/C18H20FN3O2/c1-12(20-18(24)14-7-3-4-8-15(14)19)11-22-17(23)10-13-6-2-5-9-16(13)21-22/h3-4,7-8,10,12H,2,5-6,9,11H2,1H3,(H,20,24)/t12-/m0/s1. The topological polar surface area (TPSA) is 64.0 Å². The second-order valence-corrected chi connectivity index (χ2v) is 6.20. The summed E-state index contributed by atoms with van der Waals surface area (Å²) < 4.78 is 15.0. The molecule has 1 heterocycles. The predicted octanol–water partition coefficient (Wildman–Crippen LogP) is 2.08. The monoisotopic (exact) mass is 329 g/mol. The number of hydrogen-bond donors (Lipinski definition) is 1. The third kappa shape index (κ3) is 3.53. The molecule has 0 saturated carbocycles. The Morgan fingerprint density at radius 1 is 1.33 bits per heavy atom. The molecule has 1 amide bonds. The van der Waals surface area contributed by atoms with Crippen molar-refractivity contribution >= 4 is 5.91 Å². The van der Waals surface area contributed by atoms with Crippen molar-refractivity contribution in [2.45, 2.75) is 45.2 Å². The Morgan fingerprint density at radius 2 is 2.08 bits per heavy atom. The van der Waals surface area contributed by atoms with E-state index in [1.807, 2.05) is 0 Å². The van der Waals surface area contributed by atoms with E-state index in [1.165, 1.54) is 22.9 Å². The summed E-state index contributed by atoms with van der Waals surface area (Å²) in [7, 11) is 0. The molecule has 1 aromatic heterocycles. The molecular weight excluding hydrogens is 309 g/mol. The van der Waals surface area contributed by atoms with Gasteiger partial charge in [-0.05, 0) is 50.3 Å². The molecule has 1 atom stereocenters. The van der Waals surface area contributed by atoms with E-state index in [0.29, 0.717) is 0 Å². The lowest BCUT2D eigenvalue weighted by Gasteiger charge is -2.18. The van der Waals surface area contributed by atoms with Crippen LogP contribution in [0.25, 0.3) is 0 Å². The van der Waals surface area contributed by atoms with Gasteiger partial charge < -0.3 is 5.32 Å². The number of aromatic nitrogens is 2. The summed E-state index contributed by atoms with van der Waals surface area (Å²) in [5, 5.41) is 7.14. The molecule has 1 aromatic carbocycles. The number of nitrogens with one attached hydrogen (secondary N) is 1. The van der Waals surface area contributed by atoms with Gasteiger partial charge in [0.25, 0.3) is 11.5 Å². The van der Waals surface area contributed by atoms with E-state index in [1.54, 1.807) is 19.1 Å². The van der Waals surface area contributed by atoms with Crippen LogP contribution in [0, 0.1) is 5.82 Å². The maximum absolute atomic E-state index is 13.6. The van der Waals surface area contributed by atoms with Gasteiger partial charge in [0.05, 0.1) is 17.8 Å². The normalized spacial score (nSPS) is 14.8. The van der Waals surface area contributed by atoms with E-state index in [0.717, 1.165) is 36.9 Å². The second kappa shape index (κ2) is 6.95. The molecule has 0 radical (unpaired) electrons. The lowest BCUT2D eigenvalue weighted by Crippen LogP contribution is -2.39. The molecule has 1 N–H and O–H groups in total. The quantitative estimate of drug-likeness (QED) is 0.934. The number of aryl methyl sites for hydroxylation is 2. The molecule has 6 heteroatoms. The summed E-state index contributed by atoms with van der Waals surface area (Å²) >= 11 is 0. The molecule has 3 rings (SSSR count). The van der Waals surface area contributed by atoms with Gasteiger partial charge in [-0.3, -0.25) is 9.59 Å². The molecule has 0 bridgehead atoms. The van der Waals surface area contributed by atoms with Gasteiger partial charge in [0.2, 0.25) is 0 Å². The first kappa shape index (κ1) is 16.4. The Labute approximate surface area is 139 Å². The van der Waals surface area contributed by atoms with Crippen molar-refractivity contribution in [2.24, 2.45) is 0 Å². The number of amides is 1. The number of carbonyl (C=O) groups excluding carboxylic acids is 1. The van der Waals surface area contributed by atoms with E-state index < -0.39 is 11.7 Å². The molecule has 0 aliphatic heterocycles. The Balaban J connectivity index is 1.71. The van der Waals surface area contributed by atoms with Gasteiger partial charge in [0.1, 0.15) is 5.82 Å². The largest absolute Gasteiger partial charge is 0.348 e. The highest BCUT2D eigenvalue weighted by atomic mass is 19.1. The molecule has 126 valence electrons. The first-order valence-electron chi connectivity index (χ1n) is 8.20. The van der Waals surface area contributed by atoms with Crippen molar-refractivity contribution in [1.82, 2.24) is 15.1 Å². The first-order chi connectivity index (χ1) is 11.5. The molecule has 0 fully saturated rings. The number of halogens is 1.